The molecule has 2 aliphatic rings. The van der Waals surface area contributed by atoms with E-state index in [2.05, 4.69) is 19.2 Å². The minimum absolute atomic E-state index is 0.0967. The lowest BCUT2D eigenvalue weighted by molar-refractivity contribution is -0.128. The molecule has 0 aliphatic carbocycles. The number of sulfonamides is 1. The van der Waals surface area contributed by atoms with Crippen molar-refractivity contribution in [3.8, 4) is 0 Å². The standard InChI is InChI=1S/C21H29N3O4S/c1-13(2)18-19-17(24(21(18)26)29(5,27)28)10-11-23(19)20(25)16-8-6-15(7-9-16)12-22-14(3)4/h6-10,13-14,18-19,22H,11-12H2,1-5H3/t18-,19+/m1/s1. The summed E-state index contributed by atoms with van der Waals surface area (Å²) in [4.78, 5) is 27.7. The molecule has 1 N–H and O–H groups in total. The number of fused-ring (bicyclic) bond motifs is 1. The van der Waals surface area contributed by atoms with Crippen LogP contribution in [0.25, 0.3) is 0 Å². The average molecular weight is 420 g/mol. The van der Waals surface area contributed by atoms with Crippen LogP contribution in [0, 0.1) is 11.8 Å². The topological polar surface area (TPSA) is 86.8 Å². The van der Waals surface area contributed by atoms with Crippen LogP contribution in [0.4, 0.5) is 0 Å². The van der Waals surface area contributed by atoms with E-state index in [1.807, 2.05) is 26.0 Å². The first-order valence-corrected chi connectivity index (χ1v) is 11.7. The first-order chi connectivity index (χ1) is 13.5. The van der Waals surface area contributed by atoms with Crippen molar-refractivity contribution >= 4 is 21.8 Å². The maximum absolute atomic E-state index is 13.2. The van der Waals surface area contributed by atoms with E-state index in [9.17, 15) is 18.0 Å². The molecule has 2 atom stereocenters. The summed E-state index contributed by atoms with van der Waals surface area (Å²) in [5.74, 6) is -1.32. The van der Waals surface area contributed by atoms with Crippen molar-refractivity contribution in [1.29, 1.82) is 0 Å². The second-order valence-corrected chi connectivity index (χ2v) is 10.2. The SMILES string of the molecule is CC(C)NCc1ccc(C(=O)N2CC=C3[C@H]2[C@@H](C(C)C)C(=O)N3S(C)(=O)=O)cc1. The van der Waals surface area contributed by atoms with Gasteiger partial charge in [-0.2, -0.15) is 0 Å². The molecule has 2 amide bonds. The second kappa shape index (κ2) is 7.91. The molecule has 8 heteroatoms. The molecule has 0 saturated carbocycles. The minimum atomic E-state index is -3.73. The molecule has 1 aromatic rings. The van der Waals surface area contributed by atoms with Gasteiger partial charge in [0.25, 0.3) is 5.91 Å². The Morgan fingerprint density at radius 1 is 1.17 bits per heavy atom. The van der Waals surface area contributed by atoms with E-state index >= 15 is 0 Å². The van der Waals surface area contributed by atoms with Gasteiger partial charge >= 0.3 is 0 Å². The molecule has 1 saturated heterocycles. The molecular formula is C21H29N3O4S. The molecule has 3 rings (SSSR count). The van der Waals surface area contributed by atoms with Gasteiger partial charge in [0.05, 0.1) is 23.9 Å². The molecule has 2 aliphatic heterocycles. The van der Waals surface area contributed by atoms with E-state index < -0.39 is 27.9 Å². The highest BCUT2D eigenvalue weighted by Gasteiger charge is 2.54. The Balaban J connectivity index is 1.85. The molecule has 2 heterocycles. The smallest absolute Gasteiger partial charge is 0.254 e. The summed E-state index contributed by atoms with van der Waals surface area (Å²) in [6.45, 7) is 8.91. The Labute approximate surface area is 172 Å². The highest BCUT2D eigenvalue weighted by Crippen LogP contribution is 2.41. The number of hydrogen-bond acceptors (Lipinski definition) is 5. The van der Waals surface area contributed by atoms with Gasteiger partial charge in [0.15, 0.2) is 0 Å². The zero-order chi connectivity index (χ0) is 21.5. The fourth-order valence-electron chi connectivity index (χ4n) is 4.03. The molecule has 0 unspecified atom stereocenters. The van der Waals surface area contributed by atoms with E-state index in [0.29, 0.717) is 17.3 Å². The fourth-order valence-corrected chi connectivity index (χ4v) is 5.05. The van der Waals surface area contributed by atoms with Crippen molar-refractivity contribution in [3.05, 3.63) is 47.2 Å². The Bertz CT molecular complexity index is 935. The van der Waals surface area contributed by atoms with Crippen LogP contribution in [-0.2, 0) is 21.4 Å². The molecule has 7 nitrogen and oxygen atoms in total. The summed E-state index contributed by atoms with van der Waals surface area (Å²) in [5, 5.41) is 3.33. The highest BCUT2D eigenvalue weighted by atomic mass is 32.2. The fraction of sp³-hybridized carbons (Fsp3) is 0.524. The summed E-state index contributed by atoms with van der Waals surface area (Å²) in [5.41, 5.74) is 2.01. The maximum Gasteiger partial charge on any atom is 0.254 e. The van der Waals surface area contributed by atoms with Gasteiger partial charge in [-0.3, -0.25) is 9.59 Å². The zero-order valence-electron chi connectivity index (χ0n) is 17.5. The molecular weight excluding hydrogens is 390 g/mol. The van der Waals surface area contributed by atoms with Crippen LogP contribution >= 0.6 is 0 Å². The number of nitrogens with one attached hydrogen (secondary N) is 1. The molecule has 29 heavy (non-hydrogen) atoms. The first kappa shape index (κ1) is 21.5. The van der Waals surface area contributed by atoms with Crippen LogP contribution in [-0.4, -0.2) is 54.3 Å². The van der Waals surface area contributed by atoms with Crippen LogP contribution in [0.15, 0.2) is 36.0 Å². The quantitative estimate of drug-likeness (QED) is 0.762. The van der Waals surface area contributed by atoms with Crippen LogP contribution in [0.1, 0.15) is 43.6 Å². The minimum Gasteiger partial charge on any atom is -0.325 e. The van der Waals surface area contributed by atoms with E-state index in [0.717, 1.165) is 22.7 Å². The molecule has 0 bridgehead atoms. The predicted molar refractivity (Wildman–Crippen MR) is 111 cm³/mol. The Kier molecular flexibility index (Phi) is 5.87. The van der Waals surface area contributed by atoms with Gasteiger partial charge in [-0.05, 0) is 29.7 Å². The third-order valence-electron chi connectivity index (χ3n) is 5.42. The van der Waals surface area contributed by atoms with Crippen molar-refractivity contribution in [2.75, 3.05) is 12.8 Å². The van der Waals surface area contributed by atoms with Crippen LogP contribution in [0.3, 0.4) is 0 Å². The molecule has 0 spiro atoms. The van der Waals surface area contributed by atoms with Gasteiger partial charge in [-0.1, -0.05) is 39.8 Å². The number of amides is 2. The van der Waals surface area contributed by atoms with Gasteiger partial charge in [0.2, 0.25) is 15.9 Å². The molecule has 0 radical (unpaired) electrons. The van der Waals surface area contributed by atoms with Crippen molar-refractivity contribution in [1.82, 2.24) is 14.5 Å². The van der Waals surface area contributed by atoms with E-state index in [4.69, 9.17) is 0 Å². The molecule has 158 valence electrons. The normalized spacial score (nSPS) is 21.9. The van der Waals surface area contributed by atoms with Gasteiger partial charge in [0, 0.05) is 24.7 Å². The van der Waals surface area contributed by atoms with E-state index in [1.54, 1.807) is 23.1 Å². The summed E-state index contributed by atoms with van der Waals surface area (Å²) in [7, 11) is -3.73. The van der Waals surface area contributed by atoms with E-state index in [-0.39, 0.29) is 18.4 Å². The van der Waals surface area contributed by atoms with Crippen molar-refractivity contribution in [2.24, 2.45) is 11.8 Å². The predicted octanol–water partition coefficient (Wildman–Crippen LogP) is 1.97. The van der Waals surface area contributed by atoms with Crippen LogP contribution in [0.5, 0.6) is 0 Å². The number of carbonyl (C=O) groups excluding carboxylic acids is 2. The van der Waals surface area contributed by atoms with Crippen molar-refractivity contribution in [2.45, 2.75) is 46.3 Å². The number of hydrogen-bond donors (Lipinski definition) is 1. The summed E-state index contributed by atoms with van der Waals surface area (Å²) in [6.07, 6.45) is 2.71. The lowest BCUT2D eigenvalue weighted by Crippen LogP contribution is -2.42. The van der Waals surface area contributed by atoms with Crippen molar-refractivity contribution in [3.63, 3.8) is 0 Å². The second-order valence-electron chi connectivity index (χ2n) is 8.40. The van der Waals surface area contributed by atoms with E-state index in [1.165, 1.54) is 0 Å². The Morgan fingerprint density at radius 2 is 1.79 bits per heavy atom. The summed E-state index contributed by atoms with van der Waals surface area (Å²) < 4.78 is 25.3. The number of benzene rings is 1. The number of nitrogens with zero attached hydrogens (tertiary/aromatic N) is 2. The van der Waals surface area contributed by atoms with Gasteiger partial charge in [0.1, 0.15) is 0 Å². The third kappa shape index (κ3) is 4.09. The zero-order valence-corrected chi connectivity index (χ0v) is 18.4. The number of carbonyl (C=O) groups is 2. The monoisotopic (exact) mass is 419 g/mol. The maximum atomic E-state index is 13.2. The largest absolute Gasteiger partial charge is 0.325 e. The van der Waals surface area contributed by atoms with Crippen LogP contribution in [0.2, 0.25) is 0 Å². The first-order valence-electron chi connectivity index (χ1n) is 9.90. The lowest BCUT2D eigenvalue weighted by Gasteiger charge is -2.29. The van der Waals surface area contributed by atoms with Crippen molar-refractivity contribution < 1.29 is 18.0 Å². The van der Waals surface area contributed by atoms with Gasteiger partial charge in [-0.25, -0.2) is 12.7 Å². The Hall–Kier alpha value is -2.19. The van der Waals surface area contributed by atoms with Crippen LogP contribution < -0.4 is 5.32 Å². The third-order valence-corrected chi connectivity index (χ3v) is 6.48. The lowest BCUT2D eigenvalue weighted by atomic mass is 9.89. The average Bonchev–Trinajstić information content (AvgIpc) is 3.15. The number of rotatable bonds is 6. The van der Waals surface area contributed by atoms with Gasteiger partial charge < -0.3 is 10.2 Å². The molecule has 1 fully saturated rings. The Morgan fingerprint density at radius 3 is 2.31 bits per heavy atom. The summed E-state index contributed by atoms with van der Waals surface area (Å²) >= 11 is 0. The highest BCUT2D eigenvalue weighted by molar-refractivity contribution is 7.89. The van der Waals surface area contributed by atoms with Gasteiger partial charge in [-0.15, -0.1) is 0 Å². The molecule has 1 aromatic carbocycles. The summed E-state index contributed by atoms with van der Waals surface area (Å²) in [6, 6.07) is 7.22. The molecule has 0 aromatic heterocycles.